The summed E-state index contributed by atoms with van der Waals surface area (Å²) in [5.74, 6) is 1.80. The standard InChI is InChI=1S/C41H35BN4O/c1-41(2,3)28-21-22-43-33(24-28)27-17-20-38-32(23-27)42-31-25-30(45-26-44(4)35-13-8-9-14-36(35)45)18-19-34(31)46(29-11-6-5-7-12-29)37-15-10-16-39(47-38)40(37)42/h5-25H,26H2,1-4H3. The van der Waals surface area contributed by atoms with Crippen LogP contribution in [0.25, 0.3) is 11.3 Å². The largest absolute Gasteiger partial charge is 0.458 e. The van der Waals surface area contributed by atoms with Gasteiger partial charge in [0.1, 0.15) is 11.5 Å². The summed E-state index contributed by atoms with van der Waals surface area (Å²) in [6, 6.07) is 43.7. The number of para-hydroxylation sites is 3. The molecule has 0 atom stereocenters. The van der Waals surface area contributed by atoms with Crippen molar-refractivity contribution in [3.8, 4) is 22.8 Å². The number of nitrogens with zero attached hydrogens (tertiary/aromatic N) is 4. The van der Waals surface area contributed by atoms with E-state index in [9.17, 15) is 0 Å². The van der Waals surface area contributed by atoms with Crippen LogP contribution >= 0.6 is 0 Å². The van der Waals surface area contributed by atoms with Gasteiger partial charge in [0.2, 0.25) is 0 Å². The van der Waals surface area contributed by atoms with Gasteiger partial charge in [-0.05, 0) is 112 Å². The van der Waals surface area contributed by atoms with Crippen LogP contribution in [-0.4, -0.2) is 25.4 Å². The first kappa shape index (κ1) is 27.8. The molecular formula is C41H35BN4O. The van der Waals surface area contributed by atoms with E-state index in [4.69, 9.17) is 9.72 Å². The second-order valence-corrected chi connectivity index (χ2v) is 13.8. The highest BCUT2D eigenvalue weighted by Gasteiger charge is 2.42. The van der Waals surface area contributed by atoms with Gasteiger partial charge in [0.15, 0.2) is 0 Å². The van der Waals surface area contributed by atoms with Crippen molar-refractivity contribution in [1.29, 1.82) is 0 Å². The number of aromatic nitrogens is 1. The van der Waals surface area contributed by atoms with Crippen LogP contribution in [0.15, 0.2) is 128 Å². The first-order valence-corrected chi connectivity index (χ1v) is 16.3. The number of pyridine rings is 1. The molecular weight excluding hydrogens is 575 g/mol. The molecule has 0 saturated carbocycles. The molecule has 0 aliphatic carbocycles. The fourth-order valence-corrected chi connectivity index (χ4v) is 7.51. The van der Waals surface area contributed by atoms with E-state index < -0.39 is 0 Å². The van der Waals surface area contributed by atoms with Gasteiger partial charge in [-0.15, -0.1) is 0 Å². The topological polar surface area (TPSA) is 31.8 Å². The second-order valence-electron chi connectivity index (χ2n) is 13.8. The molecule has 5 nitrogen and oxygen atoms in total. The van der Waals surface area contributed by atoms with Crippen molar-refractivity contribution in [2.75, 3.05) is 28.4 Å². The number of rotatable bonds is 3. The lowest BCUT2D eigenvalue weighted by molar-refractivity contribution is 0.487. The van der Waals surface area contributed by atoms with Crippen molar-refractivity contribution in [1.82, 2.24) is 4.98 Å². The molecule has 0 saturated heterocycles. The number of hydrogen-bond acceptors (Lipinski definition) is 5. The van der Waals surface area contributed by atoms with Crippen LogP contribution in [0.5, 0.6) is 11.5 Å². The maximum Gasteiger partial charge on any atom is 0.256 e. The monoisotopic (exact) mass is 610 g/mol. The normalized spacial score (nSPS) is 14.3. The molecule has 3 aliphatic rings. The summed E-state index contributed by atoms with van der Waals surface area (Å²) >= 11 is 0. The lowest BCUT2D eigenvalue weighted by atomic mass is 9.34. The quantitative estimate of drug-likeness (QED) is 0.189. The van der Waals surface area contributed by atoms with Gasteiger partial charge in [0.05, 0.1) is 23.7 Å². The summed E-state index contributed by atoms with van der Waals surface area (Å²) < 4.78 is 6.72. The number of ether oxygens (including phenoxy) is 1. The first-order valence-electron chi connectivity index (χ1n) is 16.3. The summed E-state index contributed by atoms with van der Waals surface area (Å²) in [5, 5.41) is 0. The van der Waals surface area contributed by atoms with E-state index in [0.717, 1.165) is 46.3 Å². The Balaban J connectivity index is 1.26. The Morgan fingerprint density at radius 2 is 1.45 bits per heavy atom. The Hall–Kier alpha value is -5.49. The molecule has 0 unspecified atom stereocenters. The zero-order valence-electron chi connectivity index (χ0n) is 27.1. The van der Waals surface area contributed by atoms with E-state index >= 15 is 0 Å². The van der Waals surface area contributed by atoms with E-state index in [1.165, 1.54) is 39.2 Å². The van der Waals surface area contributed by atoms with Crippen molar-refractivity contribution in [3.05, 3.63) is 133 Å². The van der Waals surface area contributed by atoms with E-state index in [-0.39, 0.29) is 12.1 Å². The molecule has 6 heteroatoms. The molecule has 0 fully saturated rings. The van der Waals surface area contributed by atoms with E-state index in [0.29, 0.717) is 0 Å². The van der Waals surface area contributed by atoms with Gasteiger partial charge in [-0.1, -0.05) is 63.2 Å². The molecule has 6 aromatic rings. The van der Waals surface area contributed by atoms with Crippen LogP contribution < -0.4 is 35.8 Å². The fraction of sp³-hybridized carbons (Fsp3) is 0.146. The molecule has 1 aromatic heterocycles. The van der Waals surface area contributed by atoms with Crippen LogP contribution in [0.1, 0.15) is 26.3 Å². The zero-order valence-corrected chi connectivity index (χ0v) is 27.1. The highest BCUT2D eigenvalue weighted by atomic mass is 16.5. The number of anilines is 6. The number of hydrogen-bond donors (Lipinski definition) is 0. The maximum atomic E-state index is 6.72. The lowest BCUT2D eigenvalue weighted by Crippen LogP contribution is -2.59. The summed E-state index contributed by atoms with van der Waals surface area (Å²) in [5.41, 5.74) is 14.1. The molecule has 228 valence electrons. The number of benzene rings is 5. The molecule has 3 aliphatic heterocycles. The zero-order chi connectivity index (χ0) is 31.9. The second kappa shape index (κ2) is 10.3. The summed E-state index contributed by atoms with van der Waals surface area (Å²) in [6.45, 7) is 7.53. The van der Waals surface area contributed by atoms with Crippen molar-refractivity contribution in [3.63, 3.8) is 0 Å². The Bertz CT molecular complexity index is 2190. The van der Waals surface area contributed by atoms with Crippen molar-refractivity contribution in [2.45, 2.75) is 26.2 Å². The van der Waals surface area contributed by atoms with E-state index in [1.54, 1.807) is 0 Å². The van der Waals surface area contributed by atoms with Gasteiger partial charge in [-0.3, -0.25) is 4.98 Å². The predicted octanol–water partition coefficient (Wildman–Crippen LogP) is 8.00. The van der Waals surface area contributed by atoms with Gasteiger partial charge >= 0.3 is 0 Å². The van der Waals surface area contributed by atoms with Crippen molar-refractivity contribution >= 4 is 57.2 Å². The van der Waals surface area contributed by atoms with Gasteiger partial charge in [0.25, 0.3) is 6.71 Å². The average Bonchev–Trinajstić information content (AvgIpc) is 3.44. The molecule has 0 amide bonds. The molecule has 0 N–H and O–H groups in total. The Labute approximate surface area is 276 Å². The molecule has 0 bridgehead atoms. The van der Waals surface area contributed by atoms with Crippen LogP contribution in [0.2, 0.25) is 0 Å². The molecule has 0 spiro atoms. The molecule has 0 radical (unpaired) electrons. The predicted molar refractivity (Wildman–Crippen MR) is 196 cm³/mol. The van der Waals surface area contributed by atoms with Crippen LogP contribution in [-0.2, 0) is 5.41 Å². The van der Waals surface area contributed by atoms with E-state index in [1.807, 2.05) is 6.20 Å². The fourth-order valence-electron chi connectivity index (χ4n) is 7.51. The summed E-state index contributed by atoms with van der Waals surface area (Å²) in [6.07, 6.45) is 1.93. The molecule has 47 heavy (non-hydrogen) atoms. The minimum atomic E-state index is -0.0128. The van der Waals surface area contributed by atoms with Crippen molar-refractivity contribution < 1.29 is 4.74 Å². The third-order valence-corrected chi connectivity index (χ3v) is 9.86. The van der Waals surface area contributed by atoms with E-state index in [2.05, 4.69) is 164 Å². The summed E-state index contributed by atoms with van der Waals surface area (Å²) in [4.78, 5) is 12.0. The maximum absolute atomic E-state index is 6.72. The minimum absolute atomic E-state index is 0.0128. The smallest absolute Gasteiger partial charge is 0.256 e. The Morgan fingerprint density at radius 1 is 0.660 bits per heavy atom. The van der Waals surface area contributed by atoms with Gasteiger partial charge in [0, 0.05) is 36.0 Å². The third-order valence-electron chi connectivity index (χ3n) is 9.86. The molecule has 9 rings (SSSR count). The van der Waals surface area contributed by atoms with Gasteiger partial charge in [-0.2, -0.15) is 0 Å². The van der Waals surface area contributed by atoms with Gasteiger partial charge in [-0.25, -0.2) is 0 Å². The Morgan fingerprint density at radius 3 is 2.28 bits per heavy atom. The van der Waals surface area contributed by atoms with Crippen LogP contribution in [0, 0.1) is 0 Å². The molecule has 4 heterocycles. The van der Waals surface area contributed by atoms with Gasteiger partial charge < -0.3 is 19.4 Å². The SMILES string of the molecule is CN1CN(c2ccc3c(c2)B2c4cc(-c5cc(C(C)(C)C)ccn5)ccc4Oc4cccc(c42)N3c2ccccc2)c2ccccc21. The molecule has 5 aromatic carbocycles. The van der Waals surface area contributed by atoms with Crippen LogP contribution in [0.4, 0.5) is 34.1 Å². The Kier molecular flexibility index (Phi) is 6.07. The highest BCUT2D eigenvalue weighted by Crippen LogP contribution is 2.44. The highest BCUT2D eigenvalue weighted by molar-refractivity contribution is 6.99. The average molecular weight is 611 g/mol. The number of fused-ring (bicyclic) bond motifs is 5. The summed E-state index contributed by atoms with van der Waals surface area (Å²) in [7, 11) is 2.16. The third kappa shape index (κ3) is 4.35. The lowest BCUT2D eigenvalue weighted by Gasteiger charge is -2.40. The first-order chi connectivity index (χ1) is 22.8. The van der Waals surface area contributed by atoms with Crippen LogP contribution in [0.3, 0.4) is 0 Å². The minimum Gasteiger partial charge on any atom is -0.458 e. The van der Waals surface area contributed by atoms with Crippen molar-refractivity contribution in [2.24, 2.45) is 0 Å².